The molecule has 2 heterocycles. The summed E-state index contributed by atoms with van der Waals surface area (Å²) in [6.07, 6.45) is 4.96. The lowest BCUT2D eigenvalue weighted by Gasteiger charge is -2.34. The van der Waals surface area contributed by atoms with Gasteiger partial charge in [-0.2, -0.15) is 0 Å². The predicted molar refractivity (Wildman–Crippen MR) is 83.0 cm³/mol. The fourth-order valence-electron chi connectivity index (χ4n) is 2.93. The van der Waals surface area contributed by atoms with Crippen molar-refractivity contribution in [2.24, 2.45) is 0 Å². The number of nitrogens with zero attached hydrogens (tertiary/aromatic N) is 1. The largest absolute Gasteiger partial charge is 0.467 e. The standard InChI is InChI=1S/C16H27N3O2/c1-3-10-19(14-6-8-17-9-7-14)12-16(20)18-13(2)15-5-4-11-21-15/h4-5,11,13-14,17H,3,6-10,12H2,1-2H3,(H,18,20). The van der Waals surface area contributed by atoms with E-state index in [9.17, 15) is 4.79 Å². The molecule has 5 nitrogen and oxygen atoms in total. The Morgan fingerprint density at radius 1 is 1.52 bits per heavy atom. The van der Waals surface area contributed by atoms with Crippen molar-refractivity contribution in [3.8, 4) is 0 Å². The molecular formula is C16H27N3O2. The van der Waals surface area contributed by atoms with E-state index in [4.69, 9.17) is 4.42 Å². The molecule has 0 radical (unpaired) electrons. The molecular weight excluding hydrogens is 266 g/mol. The number of nitrogens with one attached hydrogen (secondary N) is 2. The highest BCUT2D eigenvalue weighted by Gasteiger charge is 2.23. The predicted octanol–water partition coefficient (Wildman–Crippen LogP) is 1.92. The minimum absolute atomic E-state index is 0.0749. The first-order chi connectivity index (χ1) is 10.2. The number of carbonyl (C=O) groups excluding carboxylic acids is 1. The minimum Gasteiger partial charge on any atom is -0.467 e. The number of piperidine rings is 1. The molecule has 1 aliphatic heterocycles. The molecule has 0 aliphatic carbocycles. The van der Waals surface area contributed by atoms with Gasteiger partial charge in [-0.1, -0.05) is 6.92 Å². The van der Waals surface area contributed by atoms with Crippen LogP contribution in [0.3, 0.4) is 0 Å². The van der Waals surface area contributed by atoms with Gasteiger partial charge in [0.2, 0.25) is 5.91 Å². The molecule has 0 aromatic carbocycles. The van der Waals surface area contributed by atoms with Crippen molar-refractivity contribution in [3.63, 3.8) is 0 Å². The second kappa shape index (κ2) is 8.20. The minimum atomic E-state index is -0.0796. The highest BCUT2D eigenvalue weighted by Crippen LogP contribution is 2.14. The number of amides is 1. The summed E-state index contributed by atoms with van der Waals surface area (Å²) in [6, 6.07) is 4.18. The molecule has 2 rings (SSSR count). The first kappa shape index (κ1) is 16.0. The van der Waals surface area contributed by atoms with Gasteiger partial charge in [0, 0.05) is 6.04 Å². The van der Waals surface area contributed by atoms with Crippen LogP contribution in [0, 0.1) is 0 Å². The number of hydrogen-bond donors (Lipinski definition) is 2. The van der Waals surface area contributed by atoms with Crippen molar-refractivity contribution in [1.29, 1.82) is 0 Å². The molecule has 118 valence electrons. The smallest absolute Gasteiger partial charge is 0.234 e. The molecule has 1 aliphatic rings. The van der Waals surface area contributed by atoms with Crippen LogP contribution in [0.1, 0.15) is 44.9 Å². The van der Waals surface area contributed by atoms with Crippen molar-refractivity contribution >= 4 is 5.91 Å². The molecule has 1 fully saturated rings. The third-order valence-electron chi connectivity index (χ3n) is 4.03. The second-order valence-corrected chi connectivity index (χ2v) is 5.76. The highest BCUT2D eigenvalue weighted by molar-refractivity contribution is 5.78. The number of carbonyl (C=O) groups is 1. The molecule has 1 aromatic rings. The van der Waals surface area contributed by atoms with Crippen LogP contribution in [0.4, 0.5) is 0 Å². The Hall–Kier alpha value is -1.33. The molecule has 1 aromatic heterocycles. The van der Waals surface area contributed by atoms with E-state index in [1.807, 2.05) is 19.1 Å². The number of hydrogen-bond acceptors (Lipinski definition) is 4. The third kappa shape index (κ3) is 4.86. The van der Waals surface area contributed by atoms with Crippen LogP contribution in [0.2, 0.25) is 0 Å². The summed E-state index contributed by atoms with van der Waals surface area (Å²) in [7, 11) is 0. The molecule has 1 amide bonds. The van der Waals surface area contributed by atoms with E-state index >= 15 is 0 Å². The normalized spacial score (nSPS) is 17.9. The van der Waals surface area contributed by atoms with Crippen LogP contribution in [-0.4, -0.2) is 43.0 Å². The van der Waals surface area contributed by atoms with Gasteiger partial charge >= 0.3 is 0 Å². The van der Waals surface area contributed by atoms with Gasteiger partial charge in [0.25, 0.3) is 0 Å². The lowest BCUT2D eigenvalue weighted by Crippen LogP contribution is -2.47. The first-order valence-corrected chi connectivity index (χ1v) is 7.98. The molecule has 0 spiro atoms. The summed E-state index contributed by atoms with van der Waals surface area (Å²) >= 11 is 0. The van der Waals surface area contributed by atoms with Crippen LogP contribution < -0.4 is 10.6 Å². The fraction of sp³-hybridized carbons (Fsp3) is 0.688. The third-order valence-corrected chi connectivity index (χ3v) is 4.03. The summed E-state index contributed by atoms with van der Waals surface area (Å²) in [6.45, 7) is 7.67. The van der Waals surface area contributed by atoms with Crippen molar-refractivity contribution < 1.29 is 9.21 Å². The SMILES string of the molecule is CCCN(CC(=O)NC(C)c1ccco1)C1CCNCC1. The Balaban J connectivity index is 1.85. The quantitative estimate of drug-likeness (QED) is 0.806. The molecule has 0 bridgehead atoms. The van der Waals surface area contributed by atoms with Crippen molar-refractivity contribution in [2.75, 3.05) is 26.2 Å². The van der Waals surface area contributed by atoms with Gasteiger partial charge in [0.15, 0.2) is 0 Å². The van der Waals surface area contributed by atoms with Gasteiger partial charge in [-0.05, 0) is 58.0 Å². The Labute approximate surface area is 127 Å². The lowest BCUT2D eigenvalue weighted by molar-refractivity contribution is -0.123. The Morgan fingerprint density at radius 3 is 2.90 bits per heavy atom. The van der Waals surface area contributed by atoms with E-state index in [1.165, 1.54) is 0 Å². The Kier molecular flexibility index (Phi) is 6.26. The van der Waals surface area contributed by atoms with Crippen LogP contribution in [0.15, 0.2) is 22.8 Å². The number of rotatable bonds is 7. The number of furan rings is 1. The summed E-state index contributed by atoms with van der Waals surface area (Å²) in [5.74, 6) is 0.873. The molecule has 2 N–H and O–H groups in total. The topological polar surface area (TPSA) is 57.5 Å². The van der Waals surface area contributed by atoms with E-state index in [0.717, 1.165) is 44.7 Å². The monoisotopic (exact) mass is 293 g/mol. The maximum Gasteiger partial charge on any atom is 0.234 e. The van der Waals surface area contributed by atoms with Crippen LogP contribution in [0.25, 0.3) is 0 Å². The van der Waals surface area contributed by atoms with Gasteiger partial charge in [0.1, 0.15) is 5.76 Å². The molecule has 0 saturated carbocycles. The average Bonchev–Trinajstić information content (AvgIpc) is 3.02. The highest BCUT2D eigenvalue weighted by atomic mass is 16.3. The van der Waals surface area contributed by atoms with Crippen LogP contribution >= 0.6 is 0 Å². The zero-order valence-electron chi connectivity index (χ0n) is 13.1. The second-order valence-electron chi connectivity index (χ2n) is 5.76. The van der Waals surface area contributed by atoms with Crippen LogP contribution in [-0.2, 0) is 4.79 Å². The summed E-state index contributed by atoms with van der Waals surface area (Å²) < 4.78 is 5.33. The van der Waals surface area contributed by atoms with E-state index in [-0.39, 0.29) is 11.9 Å². The zero-order valence-corrected chi connectivity index (χ0v) is 13.1. The van der Waals surface area contributed by atoms with Gasteiger partial charge in [0.05, 0.1) is 18.8 Å². The summed E-state index contributed by atoms with van der Waals surface area (Å²) in [5.41, 5.74) is 0. The molecule has 5 heteroatoms. The van der Waals surface area contributed by atoms with Crippen molar-refractivity contribution in [2.45, 2.75) is 45.2 Å². The lowest BCUT2D eigenvalue weighted by atomic mass is 10.0. The van der Waals surface area contributed by atoms with Gasteiger partial charge in [-0.15, -0.1) is 0 Å². The van der Waals surface area contributed by atoms with Crippen LogP contribution in [0.5, 0.6) is 0 Å². The van der Waals surface area contributed by atoms with Gasteiger partial charge in [-0.25, -0.2) is 0 Å². The maximum atomic E-state index is 12.3. The first-order valence-electron chi connectivity index (χ1n) is 7.98. The molecule has 1 atom stereocenters. The van der Waals surface area contributed by atoms with Gasteiger partial charge < -0.3 is 15.1 Å². The molecule has 21 heavy (non-hydrogen) atoms. The maximum absolute atomic E-state index is 12.3. The van der Waals surface area contributed by atoms with E-state index in [2.05, 4.69) is 22.5 Å². The van der Waals surface area contributed by atoms with E-state index in [1.54, 1.807) is 6.26 Å². The fourth-order valence-corrected chi connectivity index (χ4v) is 2.93. The zero-order chi connectivity index (χ0) is 15.1. The molecule has 1 unspecified atom stereocenters. The summed E-state index contributed by atoms with van der Waals surface area (Å²) in [5, 5.41) is 6.40. The Morgan fingerprint density at radius 2 is 2.29 bits per heavy atom. The van der Waals surface area contributed by atoms with E-state index in [0.29, 0.717) is 12.6 Å². The average molecular weight is 293 g/mol. The Bertz CT molecular complexity index is 413. The van der Waals surface area contributed by atoms with Crippen molar-refractivity contribution in [3.05, 3.63) is 24.2 Å². The van der Waals surface area contributed by atoms with Gasteiger partial charge in [-0.3, -0.25) is 9.69 Å². The molecule has 1 saturated heterocycles. The van der Waals surface area contributed by atoms with Crippen molar-refractivity contribution in [1.82, 2.24) is 15.5 Å². The van der Waals surface area contributed by atoms with E-state index < -0.39 is 0 Å². The summed E-state index contributed by atoms with van der Waals surface area (Å²) in [4.78, 5) is 14.6.